The van der Waals surface area contributed by atoms with E-state index in [0.29, 0.717) is 0 Å². The molecule has 0 spiro atoms. The number of benzene rings is 1. The van der Waals surface area contributed by atoms with Crippen LogP contribution in [0, 0.1) is 11.8 Å². The Kier molecular flexibility index (Phi) is 5.60. The van der Waals surface area contributed by atoms with Gasteiger partial charge in [0.05, 0.1) is 0 Å². The maximum Gasteiger partial charge on any atom is 0.325 e. The highest BCUT2D eigenvalue weighted by atomic mass is 16.4. The second-order valence-electron chi connectivity index (χ2n) is 6.06. The highest BCUT2D eigenvalue weighted by Gasteiger charge is 2.21. The summed E-state index contributed by atoms with van der Waals surface area (Å²) in [6, 6.07) is 8.83. The third kappa shape index (κ3) is 4.34. The van der Waals surface area contributed by atoms with E-state index in [1.165, 1.54) is 25.7 Å². The Bertz CT molecular complexity index is 418. The summed E-state index contributed by atoms with van der Waals surface area (Å²) >= 11 is 0. The van der Waals surface area contributed by atoms with Gasteiger partial charge in [-0.3, -0.25) is 4.79 Å². The van der Waals surface area contributed by atoms with Gasteiger partial charge < -0.3 is 10.4 Å². The number of rotatable bonds is 6. The van der Waals surface area contributed by atoms with Crippen molar-refractivity contribution in [2.75, 3.05) is 6.54 Å². The molecule has 1 aliphatic rings. The molecule has 3 heteroatoms. The average Bonchev–Trinajstić information content (AvgIpc) is 2.44. The van der Waals surface area contributed by atoms with Crippen LogP contribution in [-0.2, 0) is 4.79 Å². The summed E-state index contributed by atoms with van der Waals surface area (Å²) in [5.74, 6) is 0.794. The van der Waals surface area contributed by atoms with Crippen LogP contribution < -0.4 is 5.32 Å². The topological polar surface area (TPSA) is 49.3 Å². The molecule has 0 amide bonds. The molecule has 0 bridgehead atoms. The lowest BCUT2D eigenvalue weighted by atomic mass is 9.81. The number of carbonyl (C=O) groups is 1. The average molecular weight is 275 g/mol. The van der Waals surface area contributed by atoms with Crippen LogP contribution in [0.2, 0.25) is 0 Å². The number of aliphatic carboxylic acids is 1. The molecule has 1 aromatic carbocycles. The molecule has 1 aromatic rings. The molecule has 2 rings (SSSR count). The van der Waals surface area contributed by atoms with Crippen LogP contribution in [-0.4, -0.2) is 17.6 Å². The van der Waals surface area contributed by atoms with Crippen LogP contribution in [0.3, 0.4) is 0 Å². The zero-order chi connectivity index (χ0) is 14.4. The van der Waals surface area contributed by atoms with Gasteiger partial charge in [-0.25, -0.2) is 0 Å². The first-order chi connectivity index (χ1) is 9.66. The van der Waals surface area contributed by atoms with Gasteiger partial charge >= 0.3 is 5.97 Å². The first-order valence-electron chi connectivity index (χ1n) is 7.68. The second kappa shape index (κ2) is 7.44. The minimum absolute atomic E-state index is 0.586. The lowest BCUT2D eigenvalue weighted by molar-refractivity contribution is -0.139. The predicted octanol–water partition coefficient (Wildman–Crippen LogP) is 3.62. The first kappa shape index (κ1) is 15.0. The van der Waals surface area contributed by atoms with Gasteiger partial charge in [0.25, 0.3) is 0 Å². The molecule has 0 radical (unpaired) electrons. The van der Waals surface area contributed by atoms with Gasteiger partial charge in [-0.1, -0.05) is 56.5 Å². The number of hydrogen-bond acceptors (Lipinski definition) is 2. The Labute approximate surface area is 121 Å². The maximum absolute atomic E-state index is 11.4. The van der Waals surface area contributed by atoms with E-state index >= 15 is 0 Å². The molecule has 1 saturated carbocycles. The molecule has 20 heavy (non-hydrogen) atoms. The van der Waals surface area contributed by atoms with Crippen molar-refractivity contribution in [3.63, 3.8) is 0 Å². The number of nitrogens with one attached hydrogen (secondary N) is 1. The van der Waals surface area contributed by atoms with E-state index in [2.05, 4.69) is 12.2 Å². The summed E-state index contributed by atoms with van der Waals surface area (Å²) in [5, 5.41) is 12.5. The zero-order valence-electron chi connectivity index (χ0n) is 12.2. The quantitative estimate of drug-likeness (QED) is 0.833. The van der Waals surface area contributed by atoms with Crippen molar-refractivity contribution in [1.82, 2.24) is 5.32 Å². The summed E-state index contributed by atoms with van der Waals surface area (Å²) in [6.07, 6.45) is 6.36. The van der Waals surface area contributed by atoms with Crippen molar-refractivity contribution < 1.29 is 9.90 Å². The monoisotopic (exact) mass is 275 g/mol. The second-order valence-corrected chi connectivity index (χ2v) is 6.06. The molecule has 0 aromatic heterocycles. The van der Waals surface area contributed by atoms with E-state index in [1.54, 1.807) is 0 Å². The lowest BCUT2D eigenvalue weighted by Gasteiger charge is -2.27. The van der Waals surface area contributed by atoms with Crippen molar-refractivity contribution >= 4 is 5.97 Å². The molecule has 3 nitrogen and oxygen atoms in total. The molecule has 3 atom stereocenters. The van der Waals surface area contributed by atoms with Crippen molar-refractivity contribution in [2.24, 2.45) is 11.8 Å². The van der Waals surface area contributed by atoms with Crippen LogP contribution in [0.5, 0.6) is 0 Å². The van der Waals surface area contributed by atoms with E-state index in [1.807, 2.05) is 30.3 Å². The van der Waals surface area contributed by atoms with Crippen LogP contribution in [0.25, 0.3) is 0 Å². The Morgan fingerprint density at radius 2 is 2.10 bits per heavy atom. The summed E-state index contributed by atoms with van der Waals surface area (Å²) in [4.78, 5) is 11.4. The summed E-state index contributed by atoms with van der Waals surface area (Å²) in [5.41, 5.74) is 0.831. The fourth-order valence-electron chi connectivity index (χ4n) is 3.25. The highest BCUT2D eigenvalue weighted by molar-refractivity contribution is 5.75. The zero-order valence-corrected chi connectivity index (χ0v) is 12.2. The summed E-state index contributed by atoms with van der Waals surface area (Å²) < 4.78 is 0. The molecule has 3 unspecified atom stereocenters. The number of carboxylic acids is 1. The van der Waals surface area contributed by atoms with Gasteiger partial charge in [0, 0.05) is 0 Å². The van der Waals surface area contributed by atoms with Gasteiger partial charge in [0.1, 0.15) is 6.04 Å². The Morgan fingerprint density at radius 3 is 2.75 bits per heavy atom. The molecule has 2 N–H and O–H groups in total. The Morgan fingerprint density at radius 1 is 1.35 bits per heavy atom. The minimum atomic E-state index is -0.798. The third-order valence-corrected chi connectivity index (χ3v) is 4.33. The van der Waals surface area contributed by atoms with Crippen molar-refractivity contribution in [3.8, 4) is 0 Å². The minimum Gasteiger partial charge on any atom is -0.480 e. The normalized spacial score (nSPS) is 24.2. The molecule has 0 aliphatic heterocycles. The molecule has 0 heterocycles. The Hall–Kier alpha value is -1.35. The first-order valence-corrected chi connectivity index (χ1v) is 7.68. The largest absolute Gasteiger partial charge is 0.480 e. The van der Waals surface area contributed by atoms with Gasteiger partial charge in [0.15, 0.2) is 0 Å². The number of carboxylic acid groups (broad SMARTS) is 1. The van der Waals surface area contributed by atoms with Crippen LogP contribution in [0.15, 0.2) is 30.3 Å². The van der Waals surface area contributed by atoms with Gasteiger partial charge in [-0.15, -0.1) is 0 Å². The van der Waals surface area contributed by atoms with Gasteiger partial charge in [0.2, 0.25) is 0 Å². The van der Waals surface area contributed by atoms with Gasteiger partial charge in [-0.05, 0) is 36.8 Å². The lowest BCUT2D eigenvalue weighted by Crippen LogP contribution is -2.30. The Balaban J connectivity index is 1.82. The molecule has 110 valence electrons. The highest BCUT2D eigenvalue weighted by Crippen LogP contribution is 2.30. The van der Waals surface area contributed by atoms with E-state index in [0.717, 1.165) is 30.4 Å². The van der Waals surface area contributed by atoms with E-state index in [4.69, 9.17) is 0 Å². The summed E-state index contributed by atoms with van der Waals surface area (Å²) in [7, 11) is 0. The fraction of sp³-hybridized carbons (Fsp3) is 0.588. The van der Waals surface area contributed by atoms with Crippen molar-refractivity contribution in [1.29, 1.82) is 0 Å². The number of hydrogen-bond donors (Lipinski definition) is 2. The van der Waals surface area contributed by atoms with Gasteiger partial charge in [-0.2, -0.15) is 0 Å². The smallest absolute Gasteiger partial charge is 0.325 e. The third-order valence-electron chi connectivity index (χ3n) is 4.33. The molecular formula is C17H25NO2. The predicted molar refractivity (Wildman–Crippen MR) is 80.6 cm³/mol. The van der Waals surface area contributed by atoms with Crippen LogP contribution in [0.4, 0.5) is 0 Å². The van der Waals surface area contributed by atoms with Crippen molar-refractivity contribution in [3.05, 3.63) is 35.9 Å². The van der Waals surface area contributed by atoms with E-state index < -0.39 is 12.0 Å². The molecular weight excluding hydrogens is 250 g/mol. The van der Waals surface area contributed by atoms with E-state index in [-0.39, 0.29) is 0 Å². The SMILES string of the molecule is CC1CCCC(CCNC(C(=O)O)c2ccccc2)C1. The maximum atomic E-state index is 11.4. The van der Waals surface area contributed by atoms with E-state index in [9.17, 15) is 9.90 Å². The molecule has 1 fully saturated rings. The summed E-state index contributed by atoms with van der Waals surface area (Å²) in [6.45, 7) is 3.10. The standard InChI is InChI=1S/C17H25NO2/c1-13-6-5-7-14(12-13)10-11-18-16(17(19)20)15-8-3-2-4-9-15/h2-4,8-9,13-14,16,18H,5-7,10-12H2,1H3,(H,19,20). The molecule has 1 aliphatic carbocycles. The van der Waals surface area contributed by atoms with Crippen LogP contribution in [0.1, 0.15) is 50.6 Å². The fourth-order valence-corrected chi connectivity index (χ4v) is 3.25. The van der Waals surface area contributed by atoms with Crippen LogP contribution >= 0.6 is 0 Å². The van der Waals surface area contributed by atoms with Crippen molar-refractivity contribution in [2.45, 2.75) is 45.1 Å². The molecule has 0 saturated heterocycles.